The van der Waals surface area contributed by atoms with E-state index in [0.29, 0.717) is 11.5 Å². The third-order valence-corrected chi connectivity index (χ3v) is 6.40. The molecule has 2 aliphatic heterocycles. The van der Waals surface area contributed by atoms with Crippen molar-refractivity contribution in [3.63, 3.8) is 0 Å². The summed E-state index contributed by atoms with van der Waals surface area (Å²) >= 11 is 0. The molecule has 0 amide bonds. The number of para-hydroxylation sites is 1. The lowest BCUT2D eigenvalue weighted by atomic mass is 9.84. The van der Waals surface area contributed by atoms with Crippen molar-refractivity contribution in [2.75, 3.05) is 46.8 Å². The highest BCUT2D eigenvalue weighted by Gasteiger charge is 2.39. The van der Waals surface area contributed by atoms with Crippen LogP contribution in [-0.2, 0) is 6.54 Å². The number of guanidine groups is 1. The lowest BCUT2D eigenvalue weighted by Gasteiger charge is -2.50. The number of benzene rings is 1. The van der Waals surface area contributed by atoms with Gasteiger partial charge in [-0.05, 0) is 65.0 Å². The van der Waals surface area contributed by atoms with Crippen LogP contribution in [0.5, 0.6) is 5.75 Å². The van der Waals surface area contributed by atoms with Crippen LogP contribution in [0.25, 0.3) is 0 Å². The molecular formula is C22H34F3N5O. The highest BCUT2D eigenvalue weighted by atomic mass is 19.4. The van der Waals surface area contributed by atoms with Crippen LogP contribution in [0.15, 0.2) is 29.3 Å². The Balaban J connectivity index is 1.61. The van der Waals surface area contributed by atoms with Crippen LogP contribution in [0.1, 0.15) is 37.7 Å². The molecule has 6 nitrogen and oxygen atoms in total. The molecule has 1 aromatic carbocycles. The second-order valence-electron chi connectivity index (χ2n) is 8.51. The number of nitrogens with zero attached hydrogens (tertiary/aromatic N) is 3. The molecule has 0 bridgehead atoms. The van der Waals surface area contributed by atoms with Gasteiger partial charge in [-0.1, -0.05) is 24.6 Å². The molecule has 0 atom stereocenters. The Hall–Kier alpha value is -2.00. The van der Waals surface area contributed by atoms with Crippen molar-refractivity contribution in [2.24, 2.45) is 4.99 Å². The fourth-order valence-electron chi connectivity index (χ4n) is 4.53. The monoisotopic (exact) mass is 441 g/mol. The number of aliphatic imine (C=N–C) groups is 1. The molecule has 31 heavy (non-hydrogen) atoms. The number of nitrogens with one attached hydrogen (secondary N) is 2. The van der Waals surface area contributed by atoms with Crippen molar-refractivity contribution in [3.05, 3.63) is 29.8 Å². The van der Waals surface area contributed by atoms with E-state index in [0.717, 1.165) is 45.6 Å². The zero-order chi connectivity index (χ0) is 22.3. The van der Waals surface area contributed by atoms with E-state index in [1.54, 1.807) is 19.2 Å². The van der Waals surface area contributed by atoms with E-state index in [-0.39, 0.29) is 17.8 Å². The molecule has 0 unspecified atom stereocenters. The first-order valence-electron chi connectivity index (χ1n) is 11.0. The Morgan fingerprint density at radius 2 is 1.74 bits per heavy atom. The van der Waals surface area contributed by atoms with Gasteiger partial charge in [-0.3, -0.25) is 9.89 Å². The molecule has 3 rings (SSSR count). The number of hydrogen-bond donors (Lipinski definition) is 2. The predicted octanol–water partition coefficient (Wildman–Crippen LogP) is 3.20. The van der Waals surface area contributed by atoms with Gasteiger partial charge in [0.1, 0.15) is 5.75 Å². The molecule has 2 aliphatic rings. The molecule has 2 fully saturated rings. The smallest absolute Gasteiger partial charge is 0.405 e. The quantitative estimate of drug-likeness (QED) is 0.525. The van der Waals surface area contributed by atoms with Crippen molar-refractivity contribution in [2.45, 2.75) is 50.6 Å². The number of rotatable bonds is 6. The van der Waals surface area contributed by atoms with Crippen LogP contribution < -0.4 is 15.4 Å². The summed E-state index contributed by atoms with van der Waals surface area (Å²) in [7, 11) is 3.84. The second-order valence-corrected chi connectivity index (χ2v) is 8.51. The van der Waals surface area contributed by atoms with Crippen molar-refractivity contribution >= 4 is 5.96 Å². The van der Waals surface area contributed by atoms with Gasteiger partial charge in [0.15, 0.2) is 5.96 Å². The Bertz CT molecular complexity index is 726. The molecule has 0 aliphatic carbocycles. The van der Waals surface area contributed by atoms with Crippen LogP contribution in [-0.4, -0.2) is 74.5 Å². The fraction of sp³-hybridized carbons (Fsp3) is 0.682. The van der Waals surface area contributed by atoms with E-state index in [1.165, 1.54) is 31.4 Å². The summed E-state index contributed by atoms with van der Waals surface area (Å²) in [5, 5.41) is 6.59. The summed E-state index contributed by atoms with van der Waals surface area (Å²) in [5.41, 5.74) is 0.509. The maximum Gasteiger partial charge on any atom is 0.573 e. The number of hydrogen-bond acceptors (Lipinski definition) is 4. The molecule has 174 valence electrons. The van der Waals surface area contributed by atoms with Crippen molar-refractivity contribution in [1.82, 2.24) is 20.4 Å². The van der Waals surface area contributed by atoms with Gasteiger partial charge in [-0.2, -0.15) is 0 Å². The molecule has 1 aromatic rings. The van der Waals surface area contributed by atoms with Gasteiger partial charge in [-0.25, -0.2) is 0 Å². The Morgan fingerprint density at radius 1 is 1.06 bits per heavy atom. The zero-order valence-electron chi connectivity index (χ0n) is 18.5. The average molecular weight is 442 g/mol. The third kappa shape index (κ3) is 6.74. The molecular weight excluding hydrogens is 407 g/mol. The summed E-state index contributed by atoms with van der Waals surface area (Å²) in [6.07, 6.45) is 1.24. The van der Waals surface area contributed by atoms with E-state index in [2.05, 4.69) is 37.2 Å². The molecule has 0 aromatic heterocycles. The number of piperidine rings is 2. The normalized spacial score (nSPS) is 21.0. The fourth-order valence-corrected chi connectivity index (χ4v) is 4.53. The van der Waals surface area contributed by atoms with Crippen LogP contribution in [0.3, 0.4) is 0 Å². The van der Waals surface area contributed by atoms with Gasteiger partial charge in [-0.15, -0.1) is 13.2 Å². The van der Waals surface area contributed by atoms with Gasteiger partial charge < -0.3 is 20.3 Å². The summed E-state index contributed by atoms with van der Waals surface area (Å²) in [5.74, 6) is 0.384. The van der Waals surface area contributed by atoms with Crippen LogP contribution in [0.2, 0.25) is 0 Å². The van der Waals surface area contributed by atoms with Gasteiger partial charge in [0, 0.05) is 31.2 Å². The van der Waals surface area contributed by atoms with Crippen molar-refractivity contribution < 1.29 is 17.9 Å². The number of halogens is 3. The lowest BCUT2D eigenvalue weighted by molar-refractivity contribution is -0.274. The zero-order valence-corrected chi connectivity index (χ0v) is 18.5. The Morgan fingerprint density at radius 3 is 2.39 bits per heavy atom. The number of ether oxygens (including phenoxy) is 1. The van der Waals surface area contributed by atoms with Crippen LogP contribution in [0.4, 0.5) is 13.2 Å². The molecule has 0 spiro atoms. The number of likely N-dealkylation sites (tertiary alicyclic amines) is 2. The van der Waals surface area contributed by atoms with Crippen molar-refractivity contribution in [1.29, 1.82) is 0 Å². The topological polar surface area (TPSA) is 52.1 Å². The predicted molar refractivity (Wildman–Crippen MR) is 116 cm³/mol. The lowest BCUT2D eigenvalue weighted by Crippen LogP contribution is -2.62. The summed E-state index contributed by atoms with van der Waals surface area (Å²) < 4.78 is 42.2. The van der Waals surface area contributed by atoms with E-state index >= 15 is 0 Å². The summed E-state index contributed by atoms with van der Waals surface area (Å²) in [6, 6.07) is 6.17. The number of alkyl halides is 3. The standard InChI is InChI=1S/C22H34F3N5O/c1-26-20(27-16-18-8-4-5-9-19(18)31-22(23,24)25)28-17-21(10-14-29(2)15-11-21)30-12-6-3-7-13-30/h4-5,8-9H,3,6-7,10-17H2,1-2H3,(H2,26,27,28). The van der Waals surface area contributed by atoms with Crippen LogP contribution >= 0.6 is 0 Å². The van der Waals surface area contributed by atoms with E-state index < -0.39 is 6.36 Å². The highest BCUT2D eigenvalue weighted by molar-refractivity contribution is 5.79. The average Bonchev–Trinajstić information content (AvgIpc) is 2.76. The molecule has 2 N–H and O–H groups in total. The summed E-state index contributed by atoms with van der Waals surface area (Å²) in [4.78, 5) is 9.29. The Kier molecular flexibility index (Phi) is 8.05. The van der Waals surface area contributed by atoms with Gasteiger partial charge >= 0.3 is 6.36 Å². The second kappa shape index (κ2) is 10.5. The first kappa shape index (κ1) is 23.7. The first-order valence-corrected chi connectivity index (χ1v) is 11.0. The SMILES string of the molecule is CN=C(NCc1ccccc1OC(F)(F)F)NCC1(N2CCCCC2)CCN(C)CC1. The molecule has 9 heteroatoms. The van der Waals surface area contributed by atoms with E-state index in [4.69, 9.17) is 0 Å². The molecule has 2 heterocycles. The van der Waals surface area contributed by atoms with Crippen molar-refractivity contribution in [3.8, 4) is 5.75 Å². The largest absolute Gasteiger partial charge is 0.573 e. The molecule has 2 saturated heterocycles. The van der Waals surface area contributed by atoms with Crippen LogP contribution in [0, 0.1) is 0 Å². The molecule has 0 saturated carbocycles. The van der Waals surface area contributed by atoms with E-state index in [9.17, 15) is 13.2 Å². The Labute approximate surface area is 182 Å². The first-order chi connectivity index (χ1) is 14.8. The van der Waals surface area contributed by atoms with Gasteiger partial charge in [0.2, 0.25) is 0 Å². The van der Waals surface area contributed by atoms with E-state index in [1.807, 2.05) is 0 Å². The maximum atomic E-state index is 12.7. The molecule has 0 radical (unpaired) electrons. The minimum Gasteiger partial charge on any atom is -0.405 e. The highest BCUT2D eigenvalue weighted by Crippen LogP contribution is 2.31. The minimum absolute atomic E-state index is 0.0852. The summed E-state index contributed by atoms with van der Waals surface area (Å²) in [6.45, 7) is 5.32. The third-order valence-electron chi connectivity index (χ3n) is 6.40. The maximum absolute atomic E-state index is 12.7. The van der Waals surface area contributed by atoms with Gasteiger partial charge in [0.05, 0.1) is 0 Å². The van der Waals surface area contributed by atoms with Gasteiger partial charge in [0.25, 0.3) is 0 Å². The minimum atomic E-state index is -4.72.